The predicted octanol–water partition coefficient (Wildman–Crippen LogP) is 4.21. The van der Waals surface area contributed by atoms with Crippen molar-refractivity contribution in [1.82, 2.24) is 20.4 Å². The summed E-state index contributed by atoms with van der Waals surface area (Å²) in [6.45, 7) is 4.65. The fourth-order valence-electron chi connectivity index (χ4n) is 3.88. The van der Waals surface area contributed by atoms with Crippen LogP contribution < -0.4 is 10.6 Å². The van der Waals surface area contributed by atoms with Gasteiger partial charge in [0.1, 0.15) is 11.7 Å². The molecule has 3 aromatic rings. The van der Waals surface area contributed by atoms with Gasteiger partial charge in [0.25, 0.3) is 5.91 Å². The van der Waals surface area contributed by atoms with Crippen LogP contribution >= 0.6 is 11.6 Å². The quantitative estimate of drug-likeness (QED) is 0.643. The summed E-state index contributed by atoms with van der Waals surface area (Å²) in [4.78, 5) is 25.6. The lowest BCUT2D eigenvalue weighted by Gasteiger charge is -2.16. The van der Waals surface area contributed by atoms with E-state index in [1.54, 1.807) is 16.8 Å². The number of aryl methyl sites for hydroxylation is 2. The molecule has 2 heterocycles. The van der Waals surface area contributed by atoms with Crippen molar-refractivity contribution in [1.29, 1.82) is 0 Å². The zero-order valence-electron chi connectivity index (χ0n) is 17.6. The molecule has 2 aromatic carbocycles. The van der Waals surface area contributed by atoms with Gasteiger partial charge in [-0.05, 0) is 56.9 Å². The Bertz CT molecular complexity index is 1140. The maximum absolute atomic E-state index is 13.3. The molecule has 0 bridgehead atoms. The van der Waals surface area contributed by atoms with Gasteiger partial charge in [-0.25, -0.2) is 4.68 Å². The molecule has 2 amide bonds. The number of amides is 2. The molecule has 1 fully saturated rings. The van der Waals surface area contributed by atoms with Crippen molar-refractivity contribution < 1.29 is 9.59 Å². The van der Waals surface area contributed by atoms with Crippen LogP contribution in [0.4, 0.5) is 0 Å². The minimum atomic E-state index is -0.554. The molecule has 0 radical (unpaired) electrons. The second-order valence-corrected chi connectivity index (χ2v) is 8.32. The van der Waals surface area contributed by atoms with Crippen molar-refractivity contribution in [2.75, 3.05) is 6.54 Å². The molecule has 1 aromatic heterocycles. The summed E-state index contributed by atoms with van der Waals surface area (Å²) in [6, 6.07) is 14.6. The third-order valence-electron chi connectivity index (χ3n) is 5.51. The Kier molecular flexibility index (Phi) is 6.09. The first kappa shape index (κ1) is 21.1. The molecule has 1 aliphatic rings. The van der Waals surface area contributed by atoms with E-state index < -0.39 is 6.04 Å². The molecular weight excluding hydrogens is 412 g/mol. The Morgan fingerprint density at radius 2 is 1.97 bits per heavy atom. The highest BCUT2D eigenvalue weighted by Crippen LogP contribution is 2.29. The summed E-state index contributed by atoms with van der Waals surface area (Å²) in [7, 11) is 0. The molecule has 31 heavy (non-hydrogen) atoms. The molecule has 1 saturated heterocycles. The van der Waals surface area contributed by atoms with Crippen molar-refractivity contribution in [2.24, 2.45) is 0 Å². The molecule has 0 spiro atoms. The van der Waals surface area contributed by atoms with Crippen LogP contribution in [0.3, 0.4) is 0 Å². The minimum Gasteiger partial charge on any atom is -0.354 e. The van der Waals surface area contributed by atoms with Crippen LogP contribution in [0.1, 0.15) is 40.9 Å². The van der Waals surface area contributed by atoms with E-state index in [1.165, 1.54) is 0 Å². The lowest BCUT2D eigenvalue weighted by Crippen LogP contribution is -2.45. The number of carbonyl (C=O) groups is 2. The first-order chi connectivity index (χ1) is 14.9. The highest BCUT2D eigenvalue weighted by molar-refractivity contribution is 6.33. The lowest BCUT2D eigenvalue weighted by molar-refractivity contribution is -0.122. The van der Waals surface area contributed by atoms with E-state index in [0.29, 0.717) is 29.4 Å². The molecule has 2 N–H and O–H groups in total. The van der Waals surface area contributed by atoms with Gasteiger partial charge in [-0.15, -0.1) is 0 Å². The van der Waals surface area contributed by atoms with Crippen LogP contribution in [-0.4, -0.2) is 34.2 Å². The summed E-state index contributed by atoms with van der Waals surface area (Å²) >= 11 is 6.39. The average molecular weight is 437 g/mol. The molecule has 7 heteroatoms. The second kappa shape index (κ2) is 8.94. The Morgan fingerprint density at radius 3 is 2.74 bits per heavy atom. The highest BCUT2D eigenvalue weighted by Gasteiger charge is 2.26. The smallest absolute Gasteiger partial charge is 0.270 e. The zero-order chi connectivity index (χ0) is 22.0. The SMILES string of the molecule is Cc1ccc(-n2nc(-c3ccccc3Cl)cc2C(=O)NC2CCCCNC2=O)c(C)c1. The molecule has 0 saturated carbocycles. The molecular formula is C24H25ClN4O2. The Labute approximate surface area is 186 Å². The highest BCUT2D eigenvalue weighted by atomic mass is 35.5. The number of aromatic nitrogens is 2. The van der Waals surface area contributed by atoms with Crippen molar-refractivity contribution in [3.05, 3.63) is 70.4 Å². The fourth-order valence-corrected chi connectivity index (χ4v) is 4.11. The van der Waals surface area contributed by atoms with Gasteiger partial charge < -0.3 is 10.6 Å². The number of rotatable bonds is 4. The first-order valence-electron chi connectivity index (χ1n) is 10.4. The topological polar surface area (TPSA) is 76.0 Å². The Hall–Kier alpha value is -3.12. The van der Waals surface area contributed by atoms with Crippen molar-refractivity contribution in [2.45, 2.75) is 39.2 Å². The third-order valence-corrected chi connectivity index (χ3v) is 5.84. The number of hydrogen-bond acceptors (Lipinski definition) is 3. The molecule has 0 aliphatic carbocycles. The van der Waals surface area contributed by atoms with E-state index in [4.69, 9.17) is 16.7 Å². The van der Waals surface area contributed by atoms with Crippen LogP contribution in [-0.2, 0) is 4.79 Å². The number of nitrogens with one attached hydrogen (secondary N) is 2. The maximum Gasteiger partial charge on any atom is 0.270 e. The van der Waals surface area contributed by atoms with Crippen LogP contribution in [0.15, 0.2) is 48.5 Å². The standard InChI is InChI=1S/C24H25ClN4O2/c1-15-10-11-21(16(2)13-15)29-22(14-20(28-29)17-7-3-4-8-18(17)25)24(31)27-19-9-5-6-12-26-23(19)30/h3-4,7-8,10-11,13-14,19H,5-6,9,12H2,1-2H3,(H,26,30)(H,27,31). The van der Waals surface area contributed by atoms with Gasteiger partial charge in [0.2, 0.25) is 5.91 Å². The summed E-state index contributed by atoms with van der Waals surface area (Å²) in [5.41, 5.74) is 4.63. The van der Waals surface area contributed by atoms with Crippen LogP contribution in [0, 0.1) is 13.8 Å². The molecule has 160 valence electrons. The number of hydrogen-bond donors (Lipinski definition) is 2. The second-order valence-electron chi connectivity index (χ2n) is 7.91. The molecule has 4 rings (SSSR count). The van der Waals surface area contributed by atoms with Gasteiger partial charge in [-0.3, -0.25) is 9.59 Å². The normalized spacial score (nSPS) is 16.5. The minimum absolute atomic E-state index is 0.144. The molecule has 6 nitrogen and oxygen atoms in total. The average Bonchev–Trinajstić information content (AvgIpc) is 3.07. The lowest BCUT2D eigenvalue weighted by atomic mass is 10.1. The largest absolute Gasteiger partial charge is 0.354 e. The Morgan fingerprint density at radius 1 is 1.16 bits per heavy atom. The summed E-state index contributed by atoms with van der Waals surface area (Å²) < 4.78 is 1.64. The Balaban J connectivity index is 1.77. The van der Waals surface area contributed by atoms with Crippen LogP contribution in [0.2, 0.25) is 5.02 Å². The number of halogens is 1. The number of benzene rings is 2. The van der Waals surface area contributed by atoms with Gasteiger partial charge >= 0.3 is 0 Å². The van der Waals surface area contributed by atoms with Gasteiger partial charge in [-0.2, -0.15) is 5.10 Å². The predicted molar refractivity (Wildman–Crippen MR) is 122 cm³/mol. The monoisotopic (exact) mass is 436 g/mol. The maximum atomic E-state index is 13.3. The number of nitrogens with zero attached hydrogens (tertiary/aromatic N) is 2. The van der Waals surface area contributed by atoms with Gasteiger partial charge in [-0.1, -0.05) is 47.5 Å². The first-order valence-corrected chi connectivity index (χ1v) is 10.8. The molecule has 1 unspecified atom stereocenters. The van der Waals surface area contributed by atoms with Gasteiger partial charge in [0.05, 0.1) is 16.4 Å². The van der Waals surface area contributed by atoms with Crippen molar-refractivity contribution >= 4 is 23.4 Å². The van der Waals surface area contributed by atoms with E-state index in [0.717, 1.165) is 35.2 Å². The van der Waals surface area contributed by atoms with Gasteiger partial charge in [0.15, 0.2) is 0 Å². The summed E-state index contributed by atoms with van der Waals surface area (Å²) in [5.74, 6) is -0.484. The van der Waals surface area contributed by atoms with Crippen LogP contribution in [0.25, 0.3) is 16.9 Å². The fraction of sp³-hybridized carbons (Fsp3) is 0.292. The summed E-state index contributed by atoms with van der Waals surface area (Å²) in [6.07, 6.45) is 2.41. The van der Waals surface area contributed by atoms with E-state index in [1.807, 2.05) is 50.2 Å². The molecule has 1 aliphatic heterocycles. The van der Waals surface area contributed by atoms with E-state index in [2.05, 4.69) is 10.6 Å². The number of carbonyl (C=O) groups excluding carboxylic acids is 2. The third kappa shape index (κ3) is 4.49. The van der Waals surface area contributed by atoms with Gasteiger partial charge in [0, 0.05) is 12.1 Å². The van der Waals surface area contributed by atoms with Crippen molar-refractivity contribution in [3.8, 4) is 16.9 Å². The van der Waals surface area contributed by atoms with Crippen LogP contribution in [0.5, 0.6) is 0 Å². The van der Waals surface area contributed by atoms with E-state index >= 15 is 0 Å². The zero-order valence-corrected chi connectivity index (χ0v) is 18.4. The van der Waals surface area contributed by atoms with E-state index in [9.17, 15) is 9.59 Å². The van der Waals surface area contributed by atoms with E-state index in [-0.39, 0.29) is 11.8 Å². The van der Waals surface area contributed by atoms with Crippen molar-refractivity contribution in [3.63, 3.8) is 0 Å². The molecule has 1 atom stereocenters. The summed E-state index contributed by atoms with van der Waals surface area (Å²) in [5, 5.41) is 11.0.